The number of allylic oxidation sites excluding steroid dienone is 4. The van der Waals surface area contributed by atoms with Gasteiger partial charge in [0.1, 0.15) is 6.54 Å². The number of methoxy groups -OCH3 is 1. The first-order chi connectivity index (χ1) is 27.5. The lowest BCUT2D eigenvalue weighted by Crippen LogP contribution is -2.32. The number of hydrogen-bond donors (Lipinski definition) is 3. The number of likely N-dealkylation sites (N-methyl/N-ethyl adjacent to an activating group) is 1. The highest BCUT2D eigenvalue weighted by Crippen LogP contribution is 2.51. The van der Waals surface area contributed by atoms with Gasteiger partial charge in [-0.15, -0.1) is 5.06 Å². The Labute approximate surface area is 344 Å². The molecule has 1 saturated heterocycles. The van der Waals surface area contributed by atoms with Crippen LogP contribution in [0.4, 0.5) is 11.4 Å². The van der Waals surface area contributed by atoms with Crippen LogP contribution >= 0.6 is 0 Å². The van der Waals surface area contributed by atoms with Crippen LogP contribution in [0.15, 0.2) is 70.1 Å². The molecule has 1 fully saturated rings. The number of fused-ring (bicyclic) bond motifs is 2. The van der Waals surface area contributed by atoms with Crippen molar-refractivity contribution in [1.29, 1.82) is 0 Å². The second-order valence-corrected chi connectivity index (χ2v) is 19.6. The Hall–Kier alpha value is -4.31. The van der Waals surface area contributed by atoms with Crippen LogP contribution in [0.1, 0.15) is 89.7 Å². The lowest BCUT2D eigenvalue weighted by atomic mass is 9.75. The van der Waals surface area contributed by atoms with Gasteiger partial charge < -0.3 is 14.5 Å². The second kappa shape index (κ2) is 17.7. The number of rotatable bonds is 19. The molecule has 17 nitrogen and oxygen atoms in total. The van der Waals surface area contributed by atoms with Crippen molar-refractivity contribution >= 4 is 65.2 Å². The van der Waals surface area contributed by atoms with Gasteiger partial charge in [0.05, 0.1) is 21.0 Å². The van der Waals surface area contributed by atoms with Crippen molar-refractivity contribution in [2.45, 2.75) is 99.2 Å². The van der Waals surface area contributed by atoms with Crippen molar-refractivity contribution in [2.24, 2.45) is 0 Å². The van der Waals surface area contributed by atoms with Crippen LogP contribution in [-0.4, -0.2) is 105 Å². The number of imide groups is 1. The highest BCUT2D eigenvalue weighted by molar-refractivity contribution is 7.86. The Morgan fingerprint density at radius 1 is 0.847 bits per heavy atom. The van der Waals surface area contributed by atoms with E-state index < -0.39 is 64.7 Å². The molecular formula is C39H50N3O14S3+. The summed E-state index contributed by atoms with van der Waals surface area (Å²) in [4.78, 5) is 42.5. The standard InChI is InChI=1S/C39H49N3O14S3/c1-5-40-31-16-14-27(58(49,50)51)25-29(31)39(3,21-23-55-4)33(40)11-9-12-34-38(2,20-10-24-57(46,47)48)30-26-28(59(52,53)54)15-17-32(30)41(34)22-8-6-7-13-37(45)56-42-35(43)18-19-36(42)44/h9,11-12,14-17,25-26H,5-8,10,13,18-24H2,1-4H3,(H2-,46,47,48,49,50,51,52,53,54)/p+1. The number of hydrogen-bond acceptors (Lipinski definition) is 12. The molecule has 2 atom stereocenters. The molecular weight excluding hydrogens is 831 g/mol. The Balaban J connectivity index is 1.54. The molecule has 322 valence electrons. The third-order valence-corrected chi connectivity index (χ3v) is 13.7. The molecule has 3 heterocycles. The van der Waals surface area contributed by atoms with Gasteiger partial charge in [-0.3, -0.25) is 23.2 Å². The zero-order valence-corrected chi connectivity index (χ0v) is 35.7. The quantitative estimate of drug-likeness (QED) is 0.0753. The largest absolute Gasteiger partial charge is 0.385 e. The Morgan fingerprint density at radius 3 is 2.07 bits per heavy atom. The van der Waals surface area contributed by atoms with Crippen molar-refractivity contribution in [3.63, 3.8) is 0 Å². The fourth-order valence-corrected chi connectivity index (χ4v) is 9.68. The SMILES string of the molecule is CCN1/C(=C/C=C/C2=[N+](CCCCCC(=O)ON3C(=O)CCC3=O)c3ccc(S(=O)(=O)O)cc3C2(C)CCCS(=O)(=O)O)C(C)(CCOC)c2cc(S(=O)(=O)O)ccc21. The zero-order chi connectivity index (χ0) is 43.6. The summed E-state index contributed by atoms with van der Waals surface area (Å²) >= 11 is 0. The number of hydroxylamine groups is 2. The maximum atomic E-state index is 12.4. The van der Waals surface area contributed by atoms with E-state index in [-0.39, 0.29) is 41.9 Å². The predicted molar refractivity (Wildman–Crippen MR) is 215 cm³/mol. The molecule has 0 spiro atoms. The topological polar surface area (TPSA) is 242 Å². The van der Waals surface area contributed by atoms with E-state index in [1.54, 1.807) is 25.3 Å². The summed E-state index contributed by atoms with van der Waals surface area (Å²) in [6.45, 7) is 6.87. The Morgan fingerprint density at radius 2 is 1.47 bits per heavy atom. The number of unbranched alkanes of at least 4 members (excludes halogenated alkanes) is 2. The van der Waals surface area contributed by atoms with Crippen molar-refractivity contribution in [2.75, 3.05) is 37.5 Å². The molecule has 3 aliphatic heterocycles. The molecule has 0 aromatic heterocycles. The van der Waals surface area contributed by atoms with Crippen LogP contribution in [-0.2, 0) is 65.1 Å². The van der Waals surface area contributed by atoms with Gasteiger partial charge in [-0.25, -0.2) is 4.79 Å². The number of carbonyl (C=O) groups excluding carboxylic acids is 3. The average molecular weight is 881 g/mol. The molecule has 5 rings (SSSR count). The zero-order valence-electron chi connectivity index (χ0n) is 33.3. The van der Waals surface area contributed by atoms with Gasteiger partial charge in [0.25, 0.3) is 42.2 Å². The molecule has 3 N–H and O–H groups in total. The van der Waals surface area contributed by atoms with Crippen LogP contribution in [0.5, 0.6) is 0 Å². The minimum atomic E-state index is -4.65. The van der Waals surface area contributed by atoms with E-state index in [2.05, 4.69) is 0 Å². The monoisotopic (exact) mass is 880 g/mol. The van der Waals surface area contributed by atoms with Crippen molar-refractivity contribution in [3.8, 4) is 0 Å². The fraction of sp³-hybridized carbons (Fsp3) is 0.487. The van der Waals surface area contributed by atoms with Crippen LogP contribution in [0.2, 0.25) is 0 Å². The van der Waals surface area contributed by atoms with Crippen molar-refractivity contribution in [3.05, 3.63) is 71.5 Å². The third-order valence-electron chi connectivity index (χ3n) is 11.2. The van der Waals surface area contributed by atoms with E-state index in [9.17, 15) is 53.3 Å². The van der Waals surface area contributed by atoms with E-state index in [0.29, 0.717) is 73.0 Å². The van der Waals surface area contributed by atoms with Crippen molar-refractivity contribution in [1.82, 2.24) is 5.06 Å². The van der Waals surface area contributed by atoms with Crippen LogP contribution in [0.3, 0.4) is 0 Å². The first-order valence-corrected chi connectivity index (χ1v) is 23.6. The van der Waals surface area contributed by atoms with Gasteiger partial charge in [0, 0.05) is 80.4 Å². The number of anilines is 1. The normalized spacial score (nSPS) is 21.6. The minimum absolute atomic E-state index is 0.00854. The summed E-state index contributed by atoms with van der Waals surface area (Å²) in [6.07, 6.45) is 7.32. The number of ether oxygens (including phenoxy) is 1. The molecule has 20 heteroatoms. The highest BCUT2D eigenvalue weighted by atomic mass is 32.2. The molecule has 0 saturated carbocycles. The number of nitrogens with zero attached hydrogens (tertiary/aromatic N) is 3. The number of carbonyl (C=O) groups is 3. The van der Waals surface area contributed by atoms with E-state index in [1.807, 2.05) is 42.4 Å². The van der Waals surface area contributed by atoms with E-state index in [0.717, 1.165) is 11.4 Å². The highest BCUT2D eigenvalue weighted by Gasteiger charge is 2.48. The molecule has 3 aliphatic rings. The smallest absolute Gasteiger partial charge is 0.333 e. The molecule has 0 aliphatic carbocycles. The van der Waals surface area contributed by atoms with E-state index >= 15 is 0 Å². The summed E-state index contributed by atoms with van der Waals surface area (Å²) in [5.41, 5.74) is 2.10. The minimum Gasteiger partial charge on any atom is -0.385 e. The van der Waals surface area contributed by atoms with Crippen molar-refractivity contribution < 1.29 is 67.4 Å². The first-order valence-electron chi connectivity index (χ1n) is 19.1. The van der Waals surface area contributed by atoms with Crippen LogP contribution < -0.4 is 4.90 Å². The maximum absolute atomic E-state index is 12.4. The summed E-state index contributed by atoms with van der Waals surface area (Å²) in [7, 11) is -12.0. The summed E-state index contributed by atoms with van der Waals surface area (Å²) in [6, 6.07) is 8.62. The molecule has 2 amide bonds. The number of amides is 2. The lowest BCUT2D eigenvalue weighted by Gasteiger charge is -2.29. The Bertz CT molecular complexity index is 2430. The average Bonchev–Trinajstić information content (AvgIpc) is 3.68. The third kappa shape index (κ3) is 10.0. The molecule has 0 bridgehead atoms. The van der Waals surface area contributed by atoms with Gasteiger partial charge in [0.2, 0.25) is 5.69 Å². The number of benzene rings is 2. The van der Waals surface area contributed by atoms with Gasteiger partial charge in [-0.1, -0.05) is 6.08 Å². The molecule has 2 unspecified atom stereocenters. The van der Waals surface area contributed by atoms with Gasteiger partial charge >= 0.3 is 5.97 Å². The molecule has 2 aromatic rings. The van der Waals surface area contributed by atoms with Gasteiger partial charge in [0.15, 0.2) is 5.71 Å². The van der Waals surface area contributed by atoms with E-state index in [4.69, 9.17) is 9.57 Å². The fourth-order valence-electron chi connectivity index (χ4n) is 8.16. The summed E-state index contributed by atoms with van der Waals surface area (Å²) in [5, 5.41) is 0.497. The van der Waals surface area contributed by atoms with Crippen LogP contribution in [0.25, 0.3) is 0 Å². The molecule has 0 radical (unpaired) electrons. The molecule has 59 heavy (non-hydrogen) atoms. The Kier molecular flexibility index (Phi) is 13.8. The summed E-state index contributed by atoms with van der Waals surface area (Å²) in [5.74, 6) is -2.44. The molecule has 2 aromatic carbocycles. The maximum Gasteiger partial charge on any atom is 0.333 e. The predicted octanol–water partition coefficient (Wildman–Crippen LogP) is 4.65. The lowest BCUT2D eigenvalue weighted by molar-refractivity contribution is -0.438. The van der Waals surface area contributed by atoms with Crippen LogP contribution in [0, 0.1) is 0 Å². The van der Waals surface area contributed by atoms with E-state index in [1.165, 1.54) is 24.3 Å². The van der Waals surface area contributed by atoms with Gasteiger partial charge in [-0.05, 0) is 94.8 Å². The second-order valence-electron chi connectivity index (χ2n) is 15.2. The first kappa shape index (κ1) is 45.8. The summed E-state index contributed by atoms with van der Waals surface area (Å²) < 4.78 is 110. The van der Waals surface area contributed by atoms with Gasteiger partial charge in [-0.2, -0.15) is 29.8 Å².